The molecular weight excluding hydrogens is 484 g/mol. The molecule has 0 spiro atoms. The number of hydrogen-bond donors (Lipinski definition) is 0. The summed E-state index contributed by atoms with van der Waals surface area (Å²) >= 11 is 0. The highest BCUT2D eigenvalue weighted by molar-refractivity contribution is 7.91. The molecule has 4 aromatic carbocycles. The summed E-state index contributed by atoms with van der Waals surface area (Å²) in [5.74, 6) is 2.19. The maximum atomic E-state index is 12.8. The van der Waals surface area contributed by atoms with Crippen LogP contribution in [0.2, 0.25) is 0 Å². The lowest BCUT2D eigenvalue weighted by molar-refractivity contribution is 0.217. The summed E-state index contributed by atoms with van der Waals surface area (Å²) in [6.07, 6.45) is 0. The molecule has 0 aliphatic rings. The van der Waals surface area contributed by atoms with E-state index in [9.17, 15) is 8.42 Å². The van der Waals surface area contributed by atoms with E-state index in [-0.39, 0.29) is 15.2 Å². The third kappa shape index (κ3) is 6.15. The van der Waals surface area contributed by atoms with Gasteiger partial charge in [0.25, 0.3) is 0 Å². The van der Waals surface area contributed by atoms with Crippen LogP contribution in [0.5, 0.6) is 17.2 Å². The predicted molar refractivity (Wildman–Crippen MR) is 146 cm³/mol. The smallest absolute Gasteiger partial charge is 0.206 e. The maximum Gasteiger partial charge on any atom is 0.206 e. The van der Waals surface area contributed by atoms with Crippen LogP contribution in [0.3, 0.4) is 0 Å². The molecule has 5 nitrogen and oxygen atoms in total. The van der Waals surface area contributed by atoms with Crippen molar-refractivity contribution in [3.8, 4) is 17.2 Å². The summed E-state index contributed by atoms with van der Waals surface area (Å²) in [6.45, 7) is 7.01. The van der Waals surface area contributed by atoms with Gasteiger partial charge in [0.15, 0.2) is 0 Å². The standard InChI is InChI=1S/C31H32O5S/c1-23-5-17-29(18-6-23)37(32,33)30-19-15-28(16-20-30)36-22-21-35-27-13-9-25(10-14-27)31(2,3)24-7-11-26(34-4)12-8-24/h5-20H,21-22H2,1-4H3. The zero-order valence-corrected chi connectivity index (χ0v) is 22.4. The molecule has 0 aliphatic heterocycles. The first-order valence-electron chi connectivity index (χ1n) is 12.1. The average Bonchev–Trinajstić information content (AvgIpc) is 2.92. The van der Waals surface area contributed by atoms with Crippen LogP contribution in [-0.2, 0) is 15.3 Å². The van der Waals surface area contributed by atoms with Crippen molar-refractivity contribution in [1.82, 2.24) is 0 Å². The van der Waals surface area contributed by atoms with Gasteiger partial charge in [0.05, 0.1) is 16.9 Å². The zero-order chi connectivity index (χ0) is 26.5. The highest BCUT2D eigenvalue weighted by atomic mass is 32.2. The van der Waals surface area contributed by atoms with E-state index in [1.165, 1.54) is 11.1 Å². The SMILES string of the molecule is COc1ccc(C(C)(C)c2ccc(OCCOc3ccc(S(=O)(=O)c4ccc(C)cc4)cc3)cc2)cc1. The van der Waals surface area contributed by atoms with Crippen molar-refractivity contribution in [2.75, 3.05) is 20.3 Å². The number of sulfone groups is 1. The second kappa shape index (κ2) is 11.1. The number of aryl methyl sites for hydroxylation is 1. The molecule has 0 heterocycles. The van der Waals surface area contributed by atoms with Crippen molar-refractivity contribution in [3.05, 3.63) is 114 Å². The molecule has 0 aliphatic carbocycles. The Labute approximate surface area is 219 Å². The molecule has 0 amide bonds. The van der Waals surface area contributed by atoms with Gasteiger partial charge in [0.1, 0.15) is 30.5 Å². The molecule has 0 atom stereocenters. The van der Waals surface area contributed by atoms with Crippen LogP contribution in [0.25, 0.3) is 0 Å². The van der Waals surface area contributed by atoms with Crippen molar-refractivity contribution < 1.29 is 22.6 Å². The predicted octanol–water partition coefficient (Wildman–Crippen LogP) is 6.62. The molecule has 4 aromatic rings. The third-order valence-corrected chi connectivity index (χ3v) is 8.26. The van der Waals surface area contributed by atoms with Gasteiger partial charge in [-0.3, -0.25) is 0 Å². The van der Waals surface area contributed by atoms with Crippen LogP contribution in [0, 0.1) is 6.92 Å². The Bertz CT molecular complexity index is 1410. The quantitative estimate of drug-likeness (QED) is 0.222. The minimum absolute atomic E-state index is 0.160. The van der Waals surface area contributed by atoms with Gasteiger partial charge in [-0.25, -0.2) is 8.42 Å². The summed E-state index contributed by atoms with van der Waals surface area (Å²) in [4.78, 5) is 0.510. The largest absolute Gasteiger partial charge is 0.497 e. The van der Waals surface area contributed by atoms with E-state index in [0.29, 0.717) is 19.0 Å². The molecule has 0 radical (unpaired) electrons. The lowest BCUT2D eigenvalue weighted by Gasteiger charge is -2.26. The first kappa shape index (κ1) is 26.3. The molecule has 0 N–H and O–H groups in total. The highest BCUT2D eigenvalue weighted by Crippen LogP contribution is 2.33. The van der Waals surface area contributed by atoms with E-state index in [0.717, 1.165) is 17.1 Å². The number of hydrogen-bond acceptors (Lipinski definition) is 5. The van der Waals surface area contributed by atoms with Gasteiger partial charge in [0.2, 0.25) is 9.84 Å². The number of ether oxygens (including phenoxy) is 3. The Morgan fingerprint density at radius 1 is 0.595 bits per heavy atom. The molecule has 192 valence electrons. The number of benzene rings is 4. The summed E-state index contributed by atoms with van der Waals surface area (Å²) < 4.78 is 42.4. The molecule has 0 fully saturated rings. The Balaban J connectivity index is 1.29. The van der Waals surface area contributed by atoms with E-state index < -0.39 is 9.84 Å². The fourth-order valence-electron chi connectivity index (χ4n) is 4.03. The van der Waals surface area contributed by atoms with Gasteiger partial charge < -0.3 is 14.2 Å². The summed E-state index contributed by atoms with van der Waals surface area (Å²) in [5.41, 5.74) is 3.24. The van der Waals surface area contributed by atoms with Crippen LogP contribution >= 0.6 is 0 Å². The van der Waals surface area contributed by atoms with Crippen LogP contribution < -0.4 is 14.2 Å². The molecular formula is C31H32O5S. The summed E-state index contributed by atoms with van der Waals surface area (Å²) in [5, 5.41) is 0. The third-order valence-electron chi connectivity index (χ3n) is 6.47. The Morgan fingerprint density at radius 3 is 1.41 bits per heavy atom. The van der Waals surface area contributed by atoms with E-state index in [1.54, 1.807) is 55.6 Å². The van der Waals surface area contributed by atoms with Crippen molar-refractivity contribution in [1.29, 1.82) is 0 Å². The lowest BCUT2D eigenvalue weighted by atomic mass is 9.78. The molecule has 4 rings (SSSR count). The lowest BCUT2D eigenvalue weighted by Crippen LogP contribution is -2.18. The number of methoxy groups -OCH3 is 1. The second-order valence-electron chi connectivity index (χ2n) is 9.36. The van der Waals surface area contributed by atoms with Gasteiger partial charge in [-0.05, 0) is 78.7 Å². The second-order valence-corrected chi connectivity index (χ2v) is 11.3. The van der Waals surface area contributed by atoms with Crippen LogP contribution in [0.15, 0.2) is 107 Å². The number of rotatable bonds is 10. The van der Waals surface area contributed by atoms with Gasteiger partial charge in [-0.1, -0.05) is 55.8 Å². The normalized spacial score (nSPS) is 11.7. The maximum absolute atomic E-state index is 12.8. The van der Waals surface area contributed by atoms with E-state index >= 15 is 0 Å². The van der Waals surface area contributed by atoms with E-state index in [1.807, 2.05) is 31.2 Å². The minimum atomic E-state index is -3.55. The average molecular weight is 517 g/mol. The Morgan fingerprint density at radius 2 is 0.973 bits per heavy atom. The van der Waals surface area contributed by atoms with Crippen LogP contribution in [-0.4, -0.2) is 28.7 Å². The zero-order valence-electron chi connectivity index (χ0n) is 21.6. The molecule has 6 heteroatoms. The summed E-state index contributed by atoms with van der Waals surface area (Å²) in [7, 11) is -1.89. The molecule has 0 saturated carbocycles. The first-order chi connectivity index (χ1) is 17.7. The molecule has 37 heavy (non-hydrogen) atoms. The topological polar surface area (TPSA) is 61.8 Å². The minimum Gasteiger partial charge on any atom is -0.497 e. The monoisotopic (exact) mass is 516 g/mol. The van der Waals surface area contributed by atoms with Gasteiger partial charge in [-0.15, -0.1) is 0 Å². The molecule has 0 saturated heterocycles. The van der Waals surface area contributed by atoms with Crippen molar-refractivity contribution in [3.63, 3.8) is 0 Å². The van der Waals surface area contributed by atoms with Crippen LogP contribution in [0.1, 0.15) is 30.5 Å². The highest BCUT2D eigenvalue weighted by Gasteiger charge is 2.23. The fourth-order valence-corrected chi connectivity index (χ4v) is 5.29. The molecule has 0 unspecified atom stereocenters. The van der Waals surface area contributed by atoms with Crippen LogP contribution in [0.4, 0.5) is 0 Å². The van der Waals surface area contributed by atoms with Gasteiger partial charge in [0, 0.05) is 5.41 Å². The van der Waals surface area contributed by atoms with Gasteiger partial charge in [-0.2, -0.15) is 0 Å². The summed E-state index contributed by atoms with van der Waals surface area (Å²) in [6, 6.07) is 29.5. The Kier molecular flexibility index (Phi) is 7.89. The molecule has 0 bridgehead atoms. The first-order valence-corrected chi connectivity index (χ1v) is 13.6. The van der Waals surface area contributed by atoms with Gasteiger partial charge >= 0.3 is 0 Å². The van der Waals surface area contributed by atoms with Crippen molar-refractivity contribution >= 4 is 9.84 Å². The van der Waals surface area contributed by atoms with Crippen molar-refractivity contribution in [2.24, 2.45) is 0 Å². The van der Waals surface area contributed by atoms with E-state index in [2.05, 4.69) is 38.1 Å². The van der Waals surface area contributed by atoms with Crippen molar-refractivity contribution in [2.45, 2.75) is 36.0 Å². The molecule has 0 aromatic heterocycles. The Hall–Kier alpha value is -3.77. The van der Waals surface area contributed by atoms with E-state index in [4.69, 9.17) is 14.2 Å². The fraction of sp³-hybridized carbons (Fsp3) is 0.226.